The third-order valence-electron chi connectivity index (χ3n) is 7.55. The predicted octanol–water partition coefficient (Wildman–Crippen LogP) is 6.54. The van der Waals surface area contributed by atoms with Crippen LogP contribution in [0.2, 0.25) is 5.02 Å². The van der Waals surface area contributed by atoms with E-state index in [4.69, 9.17) is 11.6 Å². The standard InChI is InChI=1S/C35H37ClFN3O4S/c1-4-26(3)38-35(42)33(21-27-11-6-5-7-12-27)39(23-28-13-8-9-16-32(28)37)34(41)24-40(30-15-10-14-29(36)22-30)45(43,44)31-19-17-25(2)18-20-31/h5-20,22,26,33H,4,21,23-24H2,1-3H3,(H,38,42)/t26-,33+/m1/s1. The van der Waals surface area contributed by atoms with Crippen molar-refractivity contribution in [2.24, 2.45) is 0 Å². The van der Waals surface area contributed by atoms with Gasteiger partial charge in [-0.1, -0.05) is 90.8 Å². The fourth-order valence-electron chi connectivity index (χ4n) is 4.80. The van der Waals surface area contributed by atoms with Gasteiger partial charge in [-0.3, -0.25) is 13.9 Å². The SMILES string of the molecule is CC[C@@H](C)NC(=O)[C@H](Cc1ccccc1)N(Cc1ccccc1F)C(=O)CN(c1cccc(Cl)c1)S(=O)(=O)c1ccc(C)cc1. The highest BCUT2D eigenvalue weighted by molar-refractivity contribution is 7.92. The molecule has 4 aromatic carbocycles. The fraction of sp³-hybridized carbons (Fsp3) is 0.257. The Bertz CT molecular complexity index is 1720. The molecular formula is C35H37ClFN3O4S. The first-order valence-corrected chi connectivity index (χ1v) is 16.5. The molecule has 0 aliphatic rings. The van der Waals surface area contributed by atoms with Gasteiger partial charge in [-0.25, -0.2) is 12.8 Å². The molecule has 0 saturated carbocycles. The molecule has 1 N–H and O–H groups in total. The molecule has 45 heavy (non-hydrogen) atoms. The van der Waals surface area contributed by atoms with Crippen molar-refractivity contribution in [3.05, 3.63) is 131 Å². The van der Waals surface area contributed by atoms with Gasteiger partial charge in [0.2, 0.25) is 11.8 Å². The molecule has 0 aliphatic carbocycles. The summed E-state index contributed by atoms with van der Waals surface area (Å²) in [5, 5.41) is 3.24. The van der Waals surface area contributed by atoms with Gasteiger partial charge < -0.3 is 10.2 Å². The Morgan fingerprint density at radius 1 is 0.911 bits per heavy atom. The van der Waals surface area contributed by atoms with Crippen molar-refractivity contribution in [1.29, 1.82) is 0 Å². The summed E-state index contributed by atoms with van der Waals surface area (Å²) in [5.74, 6) is -1.65. The van der Waals surface area contributed by atoms with Crippen molar-refractivity contribution in [1.82, 2.24) is 10.2 Å². The number of hydrogen-bond acceptors (Lipinski definition) is 4. The second-order valence-corrected chi connectivity index (χ2v) is 13.2. The van der Waals surface area contributed by atoms with Crippen LogP contribution in [0.1, 0.15) is 37.0 Å². The molecule has 7 nitrogen and oxygen atoms in total. The molecule has 4 aromatic rings. The summed E-state index contributed by atoms with van der Waals surface area (Å²) in [5.41, 5.74) is 2.01. The van der Waals surface area contributed by atoms with Gasteiger partial charge in [-0.15, -0.1) is 0 Å². The van der Waals surface area contributed by atoms with Crippen LogP contribution in [0, 0.1) is 12.7 Å². The maximum atomic E-state index is 15.0. The largest absolute Gasteiger partial charge is 0.352 e. The minimum Gasteiger partial charge on any atom is -0.352 e. The average molecular weight is 650 g/mol. The topological polar surface area (TPSA) is 86.8 Å². The van der Waals surface area contributed by atoms with Gasteiger partial charge in [0.1, 0.15) is 18.4 Å². The molecule has 236 valence electrons. The molecule has 0 fully saturated rings. The predicted molar refractivity (Wildman–Crippen MR) is 176 cm³/mol. The van der Waals surface area contributed by atoms with Crippen molar-refractivity contribution in [2.75, 3.05) is 10.8 Å². The molecule has 0 bridgehead atoms. The molecule has 0 saturated heterocycles. The summed E-state index contributed by atoms with van der Waals surface area (Å²) in [4.78, 5) is 29.5. The molecule has 0 aliphatic heterocycles. The molecule has 0 heterocycles. The zero-order chi connectivity index (χ0) is 32.6. The van der Waals surface area contributed by atoms with E-state index in [1.807, 2.05) is 51.1 Å². The number of rotatable bonds is 13. The van der Waals surface area contributed by atoms with Gasteiger partial charge in [-0.2, -0.15) is 0 Å². The quantitative estimate of drug-likeness (QED) is 0.178. The van der Waals surface area contributed by atoms with Gasteiger partial charge in [-0.05, 0) is 62.2 Å². The van der Waals surface area contributed by atoms with Gasteiger partial charge >= 0.3 is 0 Å². The van der Waals surface area contributed by atoms with E-state index in [1.54, 1.807) is 42.5 Å². The number of hydrogen-bond donors (Lipinski definition) is 1. The van der Waals surface area contributed by atoms with Crippen LogP contribution in [-0.4, -0.2) is 43.8 Å². The van der Waals surface area contributed by atoms with E-state index < -0.39 is 40.2 Å². The van der Waals surface area contributed by atoms with Gasteiger partial charge in [0, 0.05) is 29.6 Å². The number of carbonyl (C=O) groups is 2. The van der Waals surface area contributed by atoms with E-state index in [1.165, 1.54) is 35.2 Å². The zero-order valence-electron chi connectivity index (χ0n) is 25.5. The minimum atomic E-state index is -4.27. The van der Waals surface area contributed by atoms with Crippen LogP contribution in [0.5, 0.6) is 0 Å². The number of sulfonamides is 1. The van der Waals surface area contributed by atoms with E-state index in [0.29, 0.717) is 6.42 Å². The summed E-state index contributed by atoms with van der Waals surface area (Å²) < 4.78 is 44.2. The number of nitrogens with zero attached hydrogens (tertiary/aromatic N) is 2. The Balaban J connectivity index is 1.82. The lowest BCUT2D eigenvalue weighted by atomic mass is 10.0. The fourth-order valence-corrected chi connectivity index (χ4v) is 6.39. The van der Waals surface area contributed by atoms with E-state index >= 15 is 4.39 Å². The lowest BCUT2D eigenvalue weighted by Gasteiger charge is -2.34. The maximum Gasteiger partial charge on any atom is 0.264 e. The Morgan fingerprint density at radius 2 is 1.58 bits per heavy atom. The van der Waals surface area contributed by atoms with E-state index in [2.05, 4.69) is 5.32 Å². The third-order valence-corrected chi connectivity index (χ3v) is 9.58. The second kappa shape index (κ2) is 15.2. The van der Waals surface area contributed by atoms with Crippen molar-refractivity contribution >= 4 is 39.1 Å². The Hall–Kier alpha value is -4.21. The summed E-state index contributed by atoms with van der Waals surface area (Å²) in [6.45, 7) is 4.71. The van der Waals surface area contributed by atoms with Crippen molar-refractivity contribution in [3.63, 3.8) is 0 Å². The van der Waals surface area contributed by atoms with Crippen LogP contribution in [0.25, 0.3) is 0 Å². The summed E-state index contributed by atoms with van der Waals surface area (Å²) in [6.07, 6.45) is 0.785. The Kier molecular flexibility index (Phi) is 11.4. The smallest absolute Gasteiger partial charge is 0.264 e. The maximum absolute atomic E-state index is 15.0. The van der Waals surface area contributed by atoms with Crippen LogP contribution >= 0.6 is 11.6 Å². The first-order chi connectivity index (χ1) is 21.5. The summed E-state index contributed by atoms with van der Waals surface area (Å²) >= 11 is 6.26. The van der Waals surface area contributed by atoms with Gasteiger partial charge in [0.25, 0.3) is 10.0 Å². The lowest BCUT2D eigenvalue weighted by molar-refractivity contribution is -0.140. The Labute approximate surface area is 269 Å². The number of benzene rings is 4. The highest BCUT2D eigenvalue weighted by Crippen LogP contribution is 2.27. The zero-order valence-corrected chi connectivity index (χ0v) is 27.1. The molecule has 0 unspecified atom stereocenters. The highest BCUT2D eigenvalue weighted by Gasteiger charge is 2.35. The molecular weight excluding hydrogens is 613 g/mol. The number of aryl methyl sites for hydroxylation is 1. The molecule has 0 radical (unpaired) electrons. The highest BCUT2D eigenvalue weighted by atomic mass is 35.5. The summed E-state index contributed by atoms with van der Waals surface area (Å²) in [6, 6.07) is 26.4. The number of nitrogens with one attached hydrogen (secondary N) is 1. The van der Waals surface area contributed by atoms with Crippen LogP contribution in [-0.2, 0) is 32.6 Å². The van der Waals surface area contributed by atoms with Crippen molar-refractivity contribution < 1.29 is 22.4 Å². The van der Waals surface area contributed by atoms with Crippen LogP contribution < -0.4 is 9.62 Å². The van der Waals surface area contributed by atoms with E-state index in [-0.39, 0.29) is 40.2 Å². The molecule has 4 rings (SSSR count). The lowest BCUT2D eigenvalue weighted by Crippen LogP contribution is -2.54. The first kappa shape index (κ1) is 33.7. The molecule has 10 heteroatoms. The van der Waals surface area contributed by atoms with Gasteiger partial charge in [0.15, 0.2) is 0 Å². The van der Waals surface area contributed by atoms with Crippen LogP contribution in [0.3, 0.4) is 0 Å². The molecule has 0 aromatic heterocycles. The molecule has 2 atom stereocenters. The van der Waals surface area contributed by atoms with Crippen LogP contribution in [0.15, 0.2) is 108 Å². The van der Waals surface area contributed by atoms with Crippen molar-refractivity contribution in [3.8, 4) is 0 Å². The molecule has 0 spiro atoms. The summed E-state index contributed by atoms with van der Waals surface area (Å²) in [7, 11) is -4.27. The number of carbonyl (C=O) groups excluding carboxylic acids is 2. The first-order valence-electron chi connectivity index (χ1n) is 14.7. The average Bonchev–Trinajstić information content (AvgIpc) is 3.02. The van der Waals surface area contributed by atoms with E-state index in [0.717, 1.165) is 15.4 Å². The minimum absolute atomic E-state index is 0.0168. The number of anilines is 1. The second-order valence-electron chi connectivity index (χ2n) is 10.9. The third kappa shape index (κ3) is 8.71. The number of amides is 2. The number of halogens is 2. The monoisotopic (exact) mass is 649 g/mol. The van der Waals surface area contributed by atoms with E-state index in [9.17, 15) is 18.0 Å². The van der Waals surface area contributed by atoms with Crippen molar-refractivity contribution in [2.45, 2.75) is 57.1 Å². The van der Waals surface area contributed by atoms with Gasteiger partial charge in [0.05, 0.1) is 10.6 Å². The Morgan fingerprint density at radius 3 is 2.22 bits per heavy atom. The van der Waals surface area contributed by atoms with Crippen LogP contribution in [0.4, 0.5) is 10.1 Å². The normalized spacial score (nSPS) is 12.6. The molecule has 2 amide bonds.